The summed E-state index contributed by atoms with van der Waals surface area (Å²) >= 11 is 13.3. The molecule has 0 saturated carbocycles. The number of thioether (sulfide) groups is 1. The van der Waals surface area contributed by atoms with Crippen LogP contribution in [0.3, 0.4) is 0 Å². The lowest BCUT2D eigenvalue weighted by molar-refractivity contribution is -0.115. The maximum atomic E-state index is 12.3. The predicted octanol–water partition coefficient (Wildman–Crippen LogP) is 6.15. The van der Waals surface area contributed by atoms with Crippen molar-refractivity contribution >= 4 is 57.8 Å². The van der Waals surface area contributed by atoms with E-state index in [9.17, 15) is 4.79 Å². The number of furan rings is 1. The summed E-state index contributed by atoms with van der Waals surface area (Å²) < 4.78 is 11.0. The number of amidine groups is 1. The maximum Gasteiger partial charge on any atom is 0.264 e. The Morgan fingerprint density at radius 2 is 1.86 bits per heavy atom. The molecule has 1 fully saturated rings. The zero-order chi connectivity index (χ0) is 20.4. The molecule has 146 valence electrons. The fourth-order valence-electron chi connectivity index (χ4n) is 2.62. The Bertz CT molecular complexity index is 1140. The third-order valence-corrected chi connectivity index (χ3v) is 5.71. The minimum absolute atomic E-state index is 0.227. The van der Waals surface area contributed by atoms with Gasteiger partial charge in [-0.25, -0.2) is 4.99 Å². The van der Waals surface area contributed by atoms with E-state index in [1.54, 1.807) is 31.4 Å². The van der Waals surface area contributed by atoms with Gasteiger partial charge in [0.1, 0.15) is 17.3 Å². The minimum atomic E-state index is -0.227. The number of hydrogen-bond donors (Lipinski definition) is 1. The average molecular weight is 445 g/mol. The first-order chi connectivity index (χ1) is 14.0. The number of benzene rings is 2. The molecule has 0 unspecified atom stereocenters. The van der Waals surface area contributed by atoms with Crippen LogP contribution in [0.5, 0.6) is 5.75 Å². The van der Waals surface area contributed by atoms with Crippen molar-refractivity contribution < 1.29 is 13.9 Å². The van der Waals surface area contributed by atoms with Gasteiger partial charge in [0.05, 0.1) is 27.7 Å². The molecule has 5 nitrogen and oxygen atoms in total. The molecule has 8 heteroatoms. The zero-order valence-corrected chi connectivity index (χ0v) is 17.4. The molecule has 1 aliphatic heterocycles. The summed E-state index contributed by atoms with van der Waals surface area (Å²) in [5.74, 6) is 1.70. The second-order valence-corrected chi connectivity index (χ2v) is 7.86. The number of rotatable bonds is 4. The Labute approximate surface area is 181 Å². The van der Waals surface area contributed by atoms with Crippen LogP contribution in [-0.4, -0.2) is 18.2 Å². The highest BCUT2D eigenvalue weighted by atomic mass is 35.5. The van der Waals surface area contributed by atoms with E-state index in [0.717, 1.165) is 17.0 Å². The second kappa shape index (κ2) is 8.37. The number of ether oxygens (including phenoxy) is 1. The highest BCUT2D eigenvalue weighted by Gasteiger charge is 2.24. The molecule has 1 saturated heterocycles. The number of amides is 1. The number of nitrogens with zero attached hydrogens (tertiary/aromatic N) is 1. The SMILES string of the molecule is COc1ccc(N=C2NC(=O)C(=Cc3ccc(-c4ccc(Cl)c(Cl)c4)o3)S2)cc1. The van der Waals surface area contributed by atoms with Crippen LogP contribution < -0.4 is 10.1 Å². The smallest absolute Gasteiger partial charge is 0.264 e. The van der Waals surface area contributed by atoms with Crippen molar-refractivity contribution in [3.8, 4) is 17.1 Å². The summed E-state index contributed by atoms with van der Waals surface area (Å²) in [6.07, 6.45) is 1.68. The number of carbonyl (C=O) groups is 1. The Morgan fingerprint density at radius 1 is 1.07 bits per heavy atom. The largest absolute Gasteiger partial charge is 0.497 e. The normalized spacial score (nSPS) is 16.4. The van der Waals surface area contributed by atoms with E-state index in [-0.39, 0.29) is 5.91 Å². The van der Waals surface area contributed by atoms with Crippen molar-refractivity contribution in [1.29, 1.82) is 0 Å². The molecule has 0 radical (unpaired) electrons. The van der Waals surface area contributed by atoms with Crippen LogP contribution in [0.4, 0.5) is 5.69 Å². The summed E-state index contributed by atoms with van der Waals surface area (Å²) in [5, 5.41) is 4.18. The number of carbonyl (C=O) groups excluding carboxylic acids is 1. The van der Waals surface area contributed by atoms with Crippen LogP contribution in [0.1, 0.15) is 5.76 Å². The van der Waals surface area contributed by atoms with Crippen molar-refractivity contribution in [3.63, 3.8) is 0 Å². The average Bonchev–Trinajstić information content (AvgIpc) is 3.32. The summed E-state index contributed by atoms with van der Waals surface area (Å²) in [4.78, 5) is 17.2. The Hall–Kier alpha value is -2.67. The summed E-state index contributed by atoms with van der Waals surface area (Å²) in [5.41, 5.74) is 1.52. The fraction of sp³-hybridized carbons (Fsp3) is 0.0476. The van der Waals surface area contributed by atoms with Crippen molar-refractivity contribution in [2.75, 3.05) is 7.11 Å². The van der Waals surface area contributed by atoms with E-state index in [1.165, 1.54) is 11.8 Å². The summed E-state index contributed by atoms with van der Waals surface area (Å²) in [7, 11) is 1.60. The lowest BCUT2D eigenvalue weighted by Gasteiger charge is -2.00. The molecule has 29 heavy (non-hydrogen) atoms. The van der Waals surface area contributed by atoms with E-state index in [1.807, 2.05) is 36.4 Å². The molecule has 0 spiro atoms. The van der Waals surface area contributed by atoms with Gasteiger partial charge in [-0.3, -0.25) is 4.79 Å². The van der Waals surface area contributed by atoms with Crippen molar-refractivity contribution in [2.45, 2.75) is 0 Å². The van der Waals surface area contributed by atoms with E-state index >= 15 is 0 Å². The monoisotopic (exact) mass is 444 g/mol. The highest BCUT2D eigenvalue weighted by molar-refractivity contribution is 8.18. The summed E-state index contributed by atoms with van der Waals surface area (Å²) in [6.45, 7) is 0. The van der Waals surface area contributed by atoms with Crippen molar-refractivity contribution in [3.05, 3.63) is 75.3 Å². The third-order valence-electron chi connectivity index (χ3n) is 4.06. The van der Waals surface area contributed by atoms with Crippen LogP contribution in [0, 0.1) is 0 Å². The van der Waals surface area contributed by atoms with Gasteiger partial charge in [0.15, 0.2) is 5.17 Å². The van der Waals surface area contributed by atoms with Gasteiger partial charge in [0, 0.05) is 11.6 Å². The minimum Gasteiger partial charge on any atom is -0.497 e. The van der Waals surface area contributed by atoms with Gasteiger partial charge in [-0.05, 0) is 66.4 Å². The number of halogens is 2. The van der Waals surface area contributed by atoms with E-state index in [4.69, 9.17) is 32.4 Å². The van der Waals surface area contributed by atoms with Crippen LogP contribution in [0.2, 0.25) is 10.0 Å². The maximum absolute atomic E-state index is 12.3. The molecular formula is C21H14Cl2N2O3S. The Kier molecular flexibility index (Phi) is 5.67. The molecule has 1 amide bonds. The Morgan fingerprint density at radius 3 is 2.59 bits per heavy atom. The molecule has 0 aliphatic carbocycles. The molecule has 2 heterocycles. The van der Waals surface area contributed by atoms with Gasteiger partial charge in [-0.2, -0.15) is 0 Å². The lowest BCUT2D eigenvalue weighted by Crippen LogP contribution is -2.19. The first kappa shape index (κ1) is 19.6. The van der Waals surface area contributed by atoms with E-state index in [2.05, 4.69) is 10.3 Å². The van der Waals surface area contributed by atoms with Gasteiger partial charge in [-0.1, -0.05) is 23.2 Å². The van der Waals surface area contributed by atoms with Crippen molar-refractivity contribution in [1.82, 2.24) is 5.32 Å². The number of nitrogens with one attached hydrogen (secondary N) is 1. The van der Waals surface area contributed by atoms with Gasteiger partial charge in [0.25, 0.3) is 5.91 Å². The highest BCUT2D eigenvalue weighted by Crippen LogP contribution is 2.32. The van der Waals surface area contributed by atoms with Gasteiger partial charge in [-0.15, -0.1) is 0 Å². The molecular weight excluding hydrogens is 431 g/mol. The molecule has 0 bridgehead atoms. The molecule has 0 atom stereocenters. The molecule has 1 N–H and O–H groups in total. The second-order valence-electron chi connectivity index (χ2n) is 6.01. The Balaban J connectivity index is 1.52. The van der Waals surface area contributed by atoms with Crippen molar-refractivity contribution in [2.24, 2.45) is 4.99 Å². The number of hydrogen-bond acceptors (Lipinski definition) is 5. The van der Waals surface area contributed by atoms with Crippen LogP contribution in [-0.2, 0) is 4.79 Å². The van der Waals surface area contributed by atoms with Gasteiger partial charge < -0.3 is 14.5 Å². The first-order valence-electron chi connectivity index (χ1n) is 8.51. The third kappa shape index (κ3) is 4.50. The standard InChI is InChI=1S/C21H14Cl2N2O3S/c1-27-14-5-3-13(4-6-14)24-21-25-20(26)19(29-21)11-15-7-9-18(28-15)12-2-8-16(22)17(23)10-12/h2-11H,1H3,(H,24,25,26). The van der Waals surface area contributed by atoms with Crippen LogP contribution in [0.25, 0.3) is 17.4 Å². The van der Waals surface area contributed by atoms with E-state index < -0.39 is 0 Å². The molecule has 1 aromatic heterocycles. The summed E-state index contributed by atoms with van der Waals surface area (Å²) in [6, 6.07) is 16.1. The first-order valence-corrected chi connectivity index (χ1v) is 10.1. The molecule has 3 aromatic rings. The van der Waals surface area contributed by atoms with E-state index in [0.29, 0.717) is 31.6 Å². The van der Waals surface area contributed by atoms with Crippen LogP contribution in [0.15, 0.2) is 68.9 Å². The lowest BCUT2D eigenvalue weighted by atomic mass is 10.2. The zero-order valence-electron chi connectivity index (χ0n) is 15.1. The molecule has 4 rings (SSSR count). The number of aliphatic imine (C=N–C) groups is 1. The molecule has 2 aromatic carbocycles. The molecule has 1 aliphatic rings. The van der Waals surface area contributed by atoms with Gasteiger partial charge in [0.2, 0.25) is 0 Å². The fourth-order valence-corrected chi connectivity index (χ4v) is 3.74. The topological polar surface area (TPSA) is 63.8 Å². The van der Waals surface area contributed by atoms with Crippen LogP contribution >= 0.6 is 35.0 Å². The predicted molar refractivity (Wildman–Crippen MR) is 118 cm³/mol. The number of methoxy groups -OCH3 is 1. The quantitative estimate of drug-likeness (QED) is 0.489. The van der Waals surface area contributed by atoms with Gasteiger partial charge >= 0.3 is 0 Å².